The highest BCUT2D eigenvalue weighted by atomic mass is 79.9. The van der Waals surface area contributed by atoms with Crippen LogP contribution in [0.25, 0.3) is 0 Å². The van der Waals surface area contributed by atoms with Gasteiger partial charge in [-0.25, -0.2) is 0 Å². The molecular weight excluding hydrogens is 470 g/mol. The molecule has 4 rings (SSSR count). The van der Waals surface area contributed by atoms with Crippen LogP contribution in [-0.4, -0.2) is 15.7 Å². The minimum absolute atomic E-state index is 0.185. The highest BCUT2D eigenvalue weighted by molar-refractivity contribution is 9.10. The molecule has 0 bridgehead atoms. The fourth-order valence-electron chi connectivity index (χ4n) is 2.76. The highest BCUT2D eigenvalue weighted by Gasteiger charge is 2.13. The molecule has 2 aromatic carbocycles. The van der Waals surface area contributed by atoms with Crippen molar-refractivity contribution >= 4 is 39.3 Å². The van der Waals surface area contributed by atoms with Crippen LogP contribution in [0.5, 0.6) is 5.75 Å². The van der Waals surface area contributed by atoms with E-state index in [1.165, 1.54) is 0 Å². The molecule has 152 valence electrons. The summed E-state index contributed by atoms with van der Waals surface area (Å²) in [6.07, 6.45) is 1.78. The Balaban J connectivity index is 1.34. The molecule has 0 aliphatic heterocycles. The molecule has 8 heteroatoms. The van der Waals surface area contributed by atoms with Crippen molar-refractivity contribution in [2.24, 2.45) is 0 Å². The Morgan fingerprint density at radius 1 is 1.10 bits per heavy atom. The molecule has 0 spiro atoms. The number of nitrogens with one attached hydrogen (secondary N) is 1. The van der Waals surface area contributed by atoms with Crippen LogP contribution in [0.2, 0.25) is 5.02 Å². The Hall–Kier alpha value is -3.03. The summed E-state index contributed by atoms with van der Waals surface area (Å²) in [6, 6.07) is 20.1. The number of hydrogen-bond donors (Lipinski definition) is 1. The lowest BCUT2D eigenvalue weighted by molar-refractivity contribution is 0.0992. The molecule has 2 aromatic heterocycles. The van der Waals surface area contributed by atoms with Crippen LogP contribution in [0.15, 0.2) is 81.8 Å². The fourth-order valence-corrected chi connectivity index (χ4v) is 3.22. The van der Waals surface area contributed by atoms with Gasteiger partial charge in [0.15, 0.2) is 11.6 Å². The number of anilines is 1. The first-order chi connectivity index (χ1) is 14.6. The Morgan fingerprint density at radius 3 is 2.70 bits per heavy atom. The third-order valence-electron chi connectivity index (χ3n) is 4.25. The summed E-state index contributed by atoms with van der Waals surface area (Å²) in [4.78, 5) is 12.4. The normalized spacial score (nSPS) is 10.7. The maximum atomic E-state index is 12.4. The van der Waals surface area contributed by atoms with Gasteiger partial charge in [0, 0.05) is 21.8 Å². The monoisotopic (exact) mass is 485 g/mol. The lowest BCUT2D eigenvalue weighted by atomic mass is 10.2. The number of benzene rings is 2. The largest absolute Gasteiger partial charge is 0.486 e. The van der Waals surface area contributed by atoms with E-state index in [0.717, 1.165) is 10.0 Å². The van der Waals surface area contributed by atoms with Crippen molar-refractivity contribution in [1.29, 1.82) is 0 Å². The van der Waals surface area contributed by atoms with Crippen LogP contribution >= 0.6 is 27.5 Å². The quantitative estimate of drug-likeness (QED) is 0.360. The number of furan rings is 1. The lowest BCUT2D eigenvalue weighted by Gasteiger charge is -2.04. The van der Waals surface area contributed by atoms with Crippen molar-refractivity contribution in [2.45, 2.75) is 13.2 Å². The Morgan fingerprint density at radius 2 is 1.90 bits per heavy atom. The Kier molecular flexibility index (Phi) is 6.21. The Bertz CT molecular complexity index is 1150. The molecule has 0 aliphatic rings. The molecule has 0 radical (unpaired) electrons. The van der Waals surface area contributed by atoms with Gasteiger partial charge in [0.2, 0.25) is 0 Å². The molecule has 6 nitrogen and oxygen atoms in total. The van der Waals surface area contributed by atoms with Crippen LogP contribution in [0.1, 0.15) is 21.9 Å². The number of aromatic nitrogens is 2. The predicted octanol–water partition coefficient (Wildman–Crippen LogP) is 5.77. The first kappa shape index (κ1) is 20.3. The van der Waals surface area contributed by atoms with Gasteiger partial charge in [0.05, 0.1) is 6.54 Å². The molecule has 0 fully saturated rings. The smallest absolute Gasteiger partial charge is 0.292 e. The van der Waals surface area contributed by atoms with E-state index in [-0.39, 0.29) is 18.3 Å². The van der Waals surface area contributed by atoms with Gasteiger partial charge in [0.25, 0.3) is 5.91 Å². The van der Waals surface area contributed by atoms with E-state index in [2.05, 4.69) is 26.3 Å². The van der Waals surface area contributed by atoms with Crippen LogP contribution in [0.4, 0.5) is 5.82 Å². The summed E-state index contributed by atoms with van der Waals surface area (Å²) in [6.45, 7) is 0.731. The molecule has 0 unspecified atom stereocenters. The third kappa shape index (κ3) is 5.11. The number of amides is 1. The highest BCUT2D eigenvalue weighted by Crippen LogP contribution is 2.19. The molecule has 0 atom stereocenters. The minimum atomic E-state index is -0.382. The molecule has 0 saturated heterocycles. The number of rotatable bonds is 7. The van der Waals surface area contributed by atoms with Gasteiger partial charge in [-0.1, -0.05) is 45.7 Å². The van der Waals surface area contributed by atoms with Crippen molar-refractivity contribution in [3.8, 4) is 5.75 Å². The first-order valence-corrected chi connectivity index (χ1v) is 10.3. The van der Waals surface area contributed by atoms with E-state index in [4.69, 9.17) is 20.8 Å². The van der Waals surface area contributed by atoms with E-state index in [1.807, 2.05) is 48.5 Å². The van der Waals surface area contributed by atoms with Crippen molar-refractivity contribution in [3.05, 3.63) is 99.5 Å². The minimum Gasteiger partial charge on any atom is -0.486 e. The van der Waals surface area contributed by atoms with Crippen LogP contribution in [-0.2, 0) is 13.2 Å². The fraction of sp³-hybridized carbons (Fsp3) is 0.0909. The maximum absolute atomic E-state index is 12.4. The summed E-state index contributed by atoms with van der Waals surface area (Å²) < 4.78 is 13.9. The van der Waals surface area contributed by atoms with Crippen molar-refractivity contribution < 1.29 is 13.9 Å². The number of nitrogens with zero attached hydrogens (tertiary/aromatic N) is 2. The second-order valence-electron chi connectivity index (χ2n) is 6.45. The zero-order chi connectivity index (χ0) is 20.9. The summed E-state index contributed by atoms with van der Waals surface area (Å²) in [5.41, 5.74) is 0.946. The zero-order valence-electron chi connectivity index (χ0n) is 15.7. The van der Waals surface area contributed by atoms with Gasteiger partial charge >= 0.3 is 0 Å². The second-order valence-corrected chi connectivity index (χ2v) is 7.78. The number of carbonyl (C=O) groups excluding carboxylic acids is 1. The molecular formula is C22H17BrClN3O3. The Labute approximate surface area is 186 Å². The third-order valence-corrected chi connectivity index (χ3v) is 5.15. The molecule has 0 saturated carbocycles. The molecule has 30 heavy (non-hydrogen) atoms. The topological polar surface area (TPSA) is 69.3 Å². The van der Waals surface area contributed by atoms with Gasteiger partial charge in [-0.2, -0.15) is 5.10 Å². The van der Waals surface area contributed by atoms with E-state index in [9.17, 15) is 4.79 Å². The lowest BCUT2D eigenvalue weighted by Crippen LogP contribution is -2.12. The van der Waals surface area contributed by atoms with Crippen molar-refractivity contribution in [1.82, 2.24) is 9.78 Å². The van der Waals surface area contributed by atoms with Gasteiger partial charge in [-0.15, -0.1) is 0 Å². The van der Waals surface area contributed by atoms with Gasteiger partial charge < -0.3 is 14.5 Å². The van der Waals surface area contributed by atoms with Crippen LogP contribution in [0, 0.1) is 0 Å². The zero-order valence-corrected chi connectivity index (χ0v) is 18.1. The first-order valence-electron chi connectivity index (χ1n) is 9.12. The molecule has 4 aromatic rings. The van der Waals surface area contributed by atoms with Crippen LogP contribution in [0.3, 0.4) is 0 Å². The number of halogens is 2. The van der Waals surface area contributed by atoms with Gasteiger partial charge in [-0.3, -0.25) is 9.48 Å². The summed E-state index contributed by atoms with van der Waals surface area (Å²) in [5.74, 6) is 1.49. The number of ether oxygens (including phenoxy) is 1. The standard InChI is InChI=1S/C22H17BrClN3O3/c23-16-5-7-17(8-6-16)29-14-18-9-10-20(30-18)22(28)25-21-11-12-27(26-21)13-15-3-1-2-4-19(15)24/h1-12H,13-14H2,(H,25,26,28). The van der Waals surface area contributed by atoms with Gasteiger partial charge in [-0.05, 0) is 48.0 Å². The number of hydrogen-bond acceptors (Lipinski definition) is 4. The second kappa shape index (κ2) is 9.19. The number of carbonyl (C=O) groups is 1. The van der Waals surface area contributed by atoms with Gasteiger partial charge in [0.1, 0.15) is 18.1 Å². The van der Waals surface area contributed by atoms with E-state index in [0.29, 0.717) is 28.9 Å². The molecule has 1 amide bonds. The summed E-state index contributed by atoms with van der Waals surface area (Å²) >= 11 is 9.56. The summed E-state index contributed by atoms with van der Waals surface area (Å²) in [5, 5.41) is 7.76. The van der Waals surface area contributed by atoms with E-state index < -0.39 is 0 Å². The van der Waals surface area contributed by atoms with Crippen molar-refractivity contribution in [3.63, 3.8) is 0 Å². The SMILES string of the molecule is O=C(Nc1ccn(Cc2ccccc2Cl)n1)c1ccc(COc2ccc(Br)cc2)o1. The average Bonchev–Trinajstić information content (AvgIpc) is 3.39. The van der Waals surface area contributed by atoms with E-state index in [1.54, 1.807) is 29.1 Å². The average molecular weight is 487 g/mol. The van der Waals surface area contributed by atoms with E-state index >= 15 is 0 Å². The maximum Gasteiger partial charge on any atom is 0.292 e. The van der Waals surface area contributed by atoms with Crippen molar-refractivity contribution in [2.75, 3.05) is 5.32 Å². The predicted molar refractivity (Wildman–Crippen MR) is 118 cm³/mol. The molecule has 2 heterocycles. The van der Waals surface area contributed by atoms with Crippen LogP contribution < -0.4 is 10.1 Å². The molecule has 0 aliphatic carbocycles. The summed E-state index contributed by atoms with van der Waals surface area (Å²) in [7, 11) is 0. The molecule has 1 N–H and O–H groups in total.